The van der Waals surface area contributed by atoms with Crippen LogP contribution in [-0.4, -0.2) is 23.4 Å². The Balaban J connectivity index is 2.63. The summed E-state index contributed by atoms with van der Waals surface area (Å²) >= 11 is 0. The average Bonchev–Trinajstić information content (AvgIpc) is 2.08. The predicted molar refractivity (Wildman–Crippen MR) is 49.0 cm³/mol. The van der Waals surface area contributed by atoms with Gasteiger partial charge in [0.2, 0.25) is 0 Å². The van der Waals surface area contributed by atoms with Gasteiger partial charge in [-0.1, -0.05) is 20.8 Å². The second kappa shape index (κ2) is 3.75. The van der Waals surface area contributed by atoms with Gasteiger partial charge in [-0.05, 0) is 25.2 Å². The molecule has 1 rings (SSSR count). The minimum atomic E-state index is -0.277. The zero-order valence-corrected chi connectivity index (χ0v) is 8.45. The Kier molecular flexibility index (Phi) is 3.13. The largest absolute Gasteiger partial charge is 0.390 e. The van der Waals surface area contributed by atoms with Crippen molar-refractivity contribution in [3.63, 3.8) is 0 Å². The molecular weight excluding hydrogens is 152 g/mol. The van der Waals surface area contributed by atoms with Gasteiger partial charge in [-0.15, -0.1) is 0 Å². The van der Waals surface area contributed by atoms with Crippen molar-refractivity contribution in [3.8, 4) is 0 Å². The van der Waals surface area contributed by atoms with Crippen LogP contribution in [0.5, 0.6) is 0 Å². The van der Waals surface area contributed by atoms with Crippen molar-refractivity contribution in [2.75, 3.05) is 0 Å². The minimum Gasteiger partial charge on any atom is -0.390 e. The molecule has 0 bridgehead atoms. The molecule has 1 aliphatic rings. The number of rotatable bonds is 1. The quantitative estimate of drug-likeness (QED) is 0.653. The van der Waals surface area contributed by atoms with E-state index in [2.05, 4.69) is 27.7 Å². The first-order valence-corrected chi connectivity index (χ1v) is 4.91. The van der Waals surface area contributed by atoms with Crippen molar-refractivity contribution < 1.29 is 9.84 Å². The molecule has 1 saturated heterocycles. The van der Waals surface area contributed by atoms with Crippen molar-refractivity contribution >= 4 is 0 Å². The Labute approximate surface area is 74.9 Å². The van der Waals surface area contributed by atoms with Crippen LogP contribution in [0, 0.1) is 11.8 Å². The van der Waals surface area contributed by atoms with Crippen LogP contribution in [0.15, 0.2) is 0 Å². The molecule has 72 valence electrons. The van der Waals surface area contributed by atoms with Crippen LogP contribution in [0.2, 0.25) is 0 Å². The Morgan fingerprint density at radius 1 is 1.17 bits per heavy atom. The Hall–Kier alpha value is -0.0800. The van der Waals surface area contributed by atoms with E-state index in [9.17, 15) is 5.11 Å². The van der Waals surface area contributed by atoms with E-state index in [1.165, 1.54) is 0 Å². The smallest absolute Gasteiger partial charge is 0.0837 e. The number of hydrogen-bond donors (Lipinski definition) is 1. The number of ether oxygens (including phenoxy) is 1. The summed E-state index contributed by atoms with van der Waals surface area (Å²) in [4.78, 5) is 0. The molecule has 0 aromatic heterocycles. The summed E-state index contributed by atoms with van der Waals surface area (Å²) in [5.41, 5.74) is 0. The zero-order chi connectivity index (χ0) is 9.30. The van der Waals surface area contributed by atoms with Crippen molar-refractivity contribution in [2.24, 2.45) is 11.8 Å². The van der Waals surface area contributed by atoms with E-state index in [0.717, 1.165) is 6.42 Å². The van der Waals surface area contributed by atoms with Crippen molar-refractivity contribution in [1.29, 1.82) is 0 Å². The first-order valence-electron chi connectivity index (χ1n) is 4.91. The molecule has 1 heterocycles. The van der Waals surface area contributed by atoms with Crippen LogP contribution in [-0.2, 0) is 4.74 Å². The van der Waals surface area contributed by atoms with Gasteiger partial charge >= 0.3 is 0 Å². The van der Waals surface area contributed by atoms with Crippen molar-refractivity contribution in [1.82, 2.24) is 0 Å². The van der Waals surface area contributed by atoms with Crippen LogP contribution >= 0.6 is 0 Å². The number of hydrogen-bond acceptors (Lipinski definition) is 2. The van der Waals surface area contributed by atoms with Gasteiger partial charge in [-0.3, -0.25) is 0 Å². The van der Waals surface area contributed by atoms with E-state index in [1.54, 1.807) is 0 Å². The summed E-state index contributed by atoms with van der Waals surface area (Å²) in [7, 11) is 0. The molecule has 0 aromatic rings. The molecule has 2 heteroatoms. The fourth-order valence-corrected chi connectivity index (χ4v) is 1.89. The Morgan fingerprint density at radius 3 is 2.25 bits per heavy atom. The topological polar surface area (TPSA) is 29.5 Å². The highest BCUT2D eigenvalue weighted by Gasteiger charge is 2.37. The second-order valence-corrected chi connectivity index (χ2v) is 4.00. The van der Waals surface area contributed by atoms with Crippen LogP contribution in [0.3, 0.4) is 0 Å². The van der Waals surface area contributed by atoms with Crippen molar-refractivity contribution in [3.05, 3.63) is 0 Å². The molecule has 0 spiro atoms. The maximum absolute atomic E-state index is 9.80. The van der Waals surface area contributed by atoms with Gasteiger partial charge in [0.1, 0.15) is 0 Å². The molecule has 1 N–H and O–H groups in total. The van der Waals surface area contributed by atoms with E-state index >= 15 is 0 Å². The maximum atomic E-state index is 9.80. The van der Waals surface area contributed by atoms with E-state index < -0.39 is 0 Å². The third-order valence-corrected chi connectivity index (χ3v) is 3.28. The van der Waals surface area contributed by atoms with Crippen molar-refractivity contribution in [2.45, 2.75) is 52.4 Å². The van der Waals surface area contributed by atoms with Crippen LogP contribution in [0.25, 0.3) is 0 Å². The third-order valence-electron chi connectivity index (χ3n) is 3.28. The summed E-state index contributed by atoms with van der Waals surface area (Å²) < 4.78 is 5.68. The van der Waals surface area contributed by atoms with Gasteiger partial charge in [0.25, 0.3) is 0 Å². The van der Waals surface area contributed by atoms with Gasteiger partial charge in [0.15, 0.2) is 0 Å². The second-order valence-electron chi connectivity index (χ2n) is 4.00. The van der Waals surface area contributed by atoms with E-state index in [4.69, 9.17) is 4.74 Å². The van der Waals surface area contributed by atoms with E-state index in [0.29, 0.717) is 11.8 Å². The molecule has 0 aliphatic carbocycles. The van der Waals surface area contributed by atoms with Crippen LogP contribution in [0.4, 0.5) is 0 Å². The first kappa shape index (κ1) is 10.0. The Morgan fingerprint density at radius 2 is 1.75 bits per heavy atom. The molecule has 12 heavy (non-hydrogen) atoms. The standard InChI is InChI=1S/C10H20O2/c1-5-9-10(11)7(3)6(2)8(4)12-9/h6-11H,5H2,1-4H3/t6-,7+,8?,9-,10+/m1/s1. The molecular formula is C10H20O2. The summed E-state index contributed by atoms with van der Waals surface area (Å²) in [6.45, 7) is 8.40. The molecule has 1 fully saturated rings. The summed E-state index contributed by atoms with van der Waals surface area (Å²) in [6, 6.07) is 0. The highest BCUT2D eigenvalue weighted by Crippen LogP contribution is 2.31. The molecule has 1 unspecified atom stereocenters. The SMILES string of the molecule is CC[C@H]1OC(C)[C@H](C)[C@H](C)[C@@H]1O. The highest BCUT2D eigenvalue weighted by molar-refractivity contribution is 4.85. The van der Waals surface area contributed by atoms with Gasteiger partial charge in [-0.25, -0.2) is 0 Å². The fraction of sp³-hybridized carbons (Fsp3) is 1.00. The van der Waals surface area contributed by atoms with Gasteiger partial charge in [-0.2, -0.15) is 0 Å². The number of aliphatic hydroxyl groups excluding tert-OH is 1. The molecule has 2 nitrogen and oxygen atoms in total. The average molecular weight is 172 g/mol. The molecule has 0 saturated carbocycles. The monoisotopic (exact) mass is 172 g/mol. The number of aliphatic hydroxyl groups is 1. The highest BCUT2D eigenvalue weighted by atomic mass is 16.5. The first-order chi connectivity index (χ1) is 5.57. The Bertz CT molecular complexity index is 142. The van der Waals surface area contributed by atoms with Crippen LogP contribution in [0.1, 0.15) is 34.1 Å². The summed E-state index contributed by atoms with van der Waals surface area (Å²) in [5.74, 6) is 0.821. The molecule has 5 atom stereocenters. The van der Waals surface area contributed by atoms with E-state index in [-0.39, 0.29) is 18.3 Å². The lowest BCUT2D eigenvalue weighted by atomic mass is 9.81. The van der Waals surface area contributed by atoms with Gasteiger partial charge < -0.3 is 9.84 Å². The van der Waals surface area contributed by atoms with E-state index in [1.807, 2.05) is 0 Å². The maximum Gasteiger partial charge on any atom is 0.0837 e. The molecule has 1 aliphatic heterocycles. The third kappa shape index (κ3) is 1.64. The summed E-state index contributed by atoms with van der Waals surface area (Å²) in [5, 5.41) is 9.80. The lowest BCUT2D eigenvalue weighted by molar-refractivity contribution is -0.162. The predicted octanol–water partition coefficient (Wildman–Crippen LogP) is 1.82. The normalized spacial score (nSPS) is 49.2. The van der Waals surface area contributed by atoms with Gasteiger partial charge in [0, 0.05) is 0 Å². The lowest BCUT2D eigenvalue weighted by Crippen LogP contribution is -2.47. The minimum absolute atomic E-state index is 0.0474. The van der Waals surface area contributed by atoms with Crippen LogP contribution < -0.4 is 0 Å². The summed E-state index contributed by atoms with van der Waals surface area (Å²) in [6.07, 6.45) is 0.962. The lowest BCUT2D eigenvalue weighted by Gasteiger charge is -2.41. The molecule has 0 aromatic carbocycles. The molecule has 0 amide bonds. The fourth-order valence-electron chi connectivity index (χ4n) is 1.89. The molecule has 0 radical (unpaired) electrons. The zero-order valence-electron chi connectivity index (χ0n) is 8.45. The van der Waals surface area contributed by atoms with Gasteiger partial charge in [0.05, 0.1) is 18.3 Å².